The lowest BCUT2D eigenvalue weighted by atomic mass is 10.2. The molecule has 0 aromatic heterocycles. The maximum Gasteiger partial charge on any atom is 0.317 e. The van der Waals surface area contributed by atoms with Gasteiger partial charge in [-0.1, -0.05) is 38.0 Å². The van der Waals surface area contributed by atoms with Gasteiger partial charge in [-0.2, -0.15) is 0 Å². The first-order valence-electron chi connectivity index (χ1n) is 6.02. The molecule has 0 saturated carbocycles. The van der Waals surface area contributed by atoms with Gasteiger partial charge in [-0.3, -0.25) is 0 Å². The molecule has 0 aliphatic heterocycles. The van der Waals surface area contributed by atoms with Crippen molar-refractivity contribution in [2.75, 3.05) is 0 Å². The summed E-state index contributed by atoms with van der Waals surface area (Å²) < 4.78 is 5.26. The second kappa shape index (κ2) is 8.33. The standard InChI is InChI=1S/C13H24O2Si/c1-5-6-7-8-9-10-11-12-13(14)15-16(2,3)4/h9-12H,5-8H2,1-4H3. The van der Waals surface area contributed by atoms with Gasteiger partial charge in [0, 0.05) is 6.08 Å². The number of allylic oxidation sites excluding steroid dienone is 3. The Kier molecular flexibility index (Phi) is 7.90. The first kappa shape index (κ1) is 15.2. The van der Waals surface area contributed by atoms with Crippen LogP contribution in [0.4, 0.5) is 0 Å². The molecule has 0 aliphatic carbocycles. The summed E-state index contributed by atoms with van der Waals surface area (Å²) >= 11 is 0. The number of unbranched alkanes of at least 4 members (excludes halogenated alkanes) is 3. The molecule has 0 saturated heterocycles. The number of hydrogen-bond acceptors (Lipinski definition) is 2. The minimum absolute atomic E-state index is 0.225. The third-order valence-corrected chi connectivity index (χ3v) is 2.67. The molecule has 0 aromatic rings. The van der Waals surface area contributed by atoms with Gasteiger partial charge in [0.1, 0.15) is 0 Å². The zero-order valence-corrected chi connectivity index (χ0v) is 12.0. The Labute approximate surface area is 101 Å². The van der Waals surface area contributed by atoms with Crippen LogP contribution in [0, 0.1) is 0 Å². The van der Waals surface area contributed by atoms with Gasteiger partial charge >= 0.3 is 5.97 Å². The summed E-state index contributed by atoms with van der Waals surface area (Å²) in [6.45, 7) is 8.19. The summed E-state index contributed by atoms with van der Waals surface area (Å²) in [6, 6.07) is 0. The van der Waals surface area contributed by atoms with Crippen LogP contribution in [-0.2, 0) is 9.22 Å². The monoisotopic (exact) mass is 240 g/mol. The minimum atomic E-state index is -1.73. The van der Waals surface area contributed by atoms with Crippen LogP contribution < -0.4 is 0 Å². The zero-order valence-electron chi connectivity index (χ0n) is 11.0. The molecule has 0 aliphatic rings. The van der Waals surface area contributed by atoms with Gasteiger partial charge in [0.2, 0.25) is 8.32 Å². The lowest BCUT2D eigenvalue weighted by Crippen LogP contribution is -2.28. The average molecular weight is 240 g/mol. The maximum absolute atomic E-state index is 11.3. The van der Waals surface area contributed by atoms with Crippen molar-refractivity contribution < 1.29 is 9.22 Å². The van der Waals surface area contributed by atoms with E-state index in [4.69, 9.17) is 4.43 Å². The molecule has 2 nitrogen and oxygen atoms in total. The lowest BCUT2D eigenvalue weighted by Gasteiger charge is -2.15. The van der Waals surface area contributed by atoms with Crippen molar-refractivity contribution in [2.24, 2.45) is 0 Å². The second-order valence-corrected chi connectivity index (χ2v) is 9.25. The zero-order chi connectivity index (χ0) is 12.4. The van der Waals surface area contributed by atoms with Gasteiger partial charge in [0.05, 0.1) is 0 Å². The molecular formula is C13H24O2Si. The van der Waals surface area contributed by atoms with Gasteiger partial charge in [-0.05, 0) is 32.5 Å². The van der Waals surface area contributed by atoms with E-state index >= 15 is 0 Å². The predicted octanol–water partition coefficient (Wildman–Crippen LogP) is 4.06. The van der Waals surface area contributed by atoms with Crippen molar-refractivity contribution in [3.05, 3.63) is 24.3 Å². The van der Waals surface area contributed by atoms with Crippen LogP contribution in [0.5, 0.6) is 0 Å². The van der Waals surface area contributed by atoms with Gasteiger partial charge in [0.25, 0.3) is 0 Å². The van der Waals surface area contributed by atoms with Crippen molar-refractivity contribution >= 4 is 14.3 Å². The van der Waals surface area contributed by atoms with Crippen LogP contribution in [0.3, 0.4) is 0 Å². The fourth-order valence-corrected chi connectivity index (χ4v) is 1.83. The first-order chi connectivity index (χ1) is 7.45. The molecule has 0 spiro atoms. The molecule has 0 heterocycles. The van der Waals surface area contributed by atoms with E-state index in [1.165, 1.54) is 25.3 Å². The highest BCUT2D eigenvalue weighted by molar-refractivity contribution is 6.71. The normalized spacial score (nSPS) is 12.5. The summed E-state index contributed by atoms with van der Waals surface area (Å²) in [5.41, 5.74) is 0. The van der Waals surface area contributed by atoms with Crippen molar-refractivity contribution in [1.82, 2.24) is 0 Å². The van der Waals surface area contributed by atoms with Crippen molar-refractivity contribution in [3.63, 3.8) is 0 Å². The lowest BCUT2D eigenvalue weighted by molar-refractivity contribution is -0.129. The van der Waals surface area contributed by atoms with Gasteiger partial charge in [-0.25, -0.2) is 4.79 Å². The summed E-state index contributed by atoms with van der Waals surface area (Å²) in [6.07, 6.45) is 12.1. The number of hydrogen-bond donors (Lipinski definition) is 0. The quantitative estimate of drug-likeness (QED) is 0.290. The molecule has 92 valence electrons. The highest BCUT2D eigenvalue weighted by atomic mass is 28.4. The Morgan fingerprint density at radius 3 is 2.44 bits per heavy atom. The Hall–Kier alpha value is -0.833. The first-order valence-corrected chi connectivity index (χ1v) is 9.42. The summed E-state index contributed by atoms with van der Waals surface area (Å²) in [5, 5.41) is 0. The molecular weight excluding hydrogens is 216 g/mol. The highest BCUT2D eigenvalue weighted by Crippen LogP contribution is 2.03. The molecule has 16 heavy (non-hydrogen) atoms. The van der Waals surface area contributed by atoms with Crippen LogP contribution in [0.25, 0.3) is 0 Å². The van der Waals surface area contributed by atoms with E-state index in [2.05, 4.69) is 13.0 Å². The Morgan fingerprint density at radius 1 is 1.19 bits per heavy atom. The topological polar surface area (TPSA) is 26.3 Å². The Bertz CT molecular complexity index is 249. The van der Waals surface area contributed by atoms with Gasteiger partial charge in [-0.15, -0.1) is 0 Å². The minimum Gasteiger partial charge on any atom is -0.517 e. The van der Waals surface area contributed by atoms with E-state index in [0.29, 0.717) is 0 Å². The SMILES string of the molecule is CCCCCC=CC=CC(=O)O[Si](C)(C)C. The van der Waals surface area contributed by atoms with E-state index in [9.17, 15) is 4.79 Å². The maximum atomic E-state index is 11.3. The number of carbonyl (C=O) groups excluding carboxylic acids is 1. The van der Waals surface area contributed by atoms with Gasteiger partial charge < -0.3 is 4.43 Å². The molecule has 0 bridgehead atoms. The Balaban J connectivity index is 3.71. The second-order valence-electron chi connectivity index (χ2n) is 4.82. The number of carbonyl (C=O) groups is 1. The van der Waals surface area contributed by atoms with Gasteiger partial charge in [0.15, 0.2) is 0 Å². The molecule has 0 aromatic carbocycles. The molecule has 0 radical (unpaired) electrons. The van der Waals surface area contributed by atoms with Crippen LogP contribution in [0.2, 0.25) is 19.6 Å². The molecule has 0 fully saturated rings. The molecule has 0 amide bonds. The smallest absolute Gasteiger partial charge is 0.317 e. The molecule has 0 atom stereocenters. The van der Waals surface area contributed by atoms with Crippen molar-refractivity contribution in [3.8, 4) is 0 Å². The van der Waals surface area contributed by atoms with Crippen molar-refractivity contribution in [2.45, 2.75) is 52.2 Å². The third-order valence-electron chi connectivity index (χ3n) is 1.86. The molecule has 0 rings (SSSR count). The van der Waals surface area contributed by atoms with E-state index in [1.54, 1.807) is 6.08 Å². The van der Waals surface area contributed by atoms with Crippen LogP contribution in [0.15, 0.2) is 24.3 Å². The fourth-order valence-electron chi connectivity index (χ4n) is 1.16. The van der Waals surface area contributed by atoms with E-state index in [1.807, 2.05) is 25.7 Å². The molecule has 0 unspecified atom stereocenters. The highest BCUT2D eigenvalue weighted by Gasteiger charge is 2.17. The van der Waals surface area contributed by atoms with Crippen molar-refractivity contribution in [1.29, 1.82) is 0 Å². The average Bonchev–Trinajstić information content (AvgIpc) is 2.13. The van der Waals surface area contributed by atoms with E-state index in [-0.39, 0.29) is 5.97 Å². The summed E-state index contributed by atoms with van der Waals surface area (Å²) in [7, 11) is -1.73. The fraction of sp³-hybridized carbons (Fsp3) is 0.615. The van der Waals surface area contributed by atoms with Crippen LogP contribution in [0.1, 0.15) is 32.6 Å². The van der Waals surface area contributed by atoms with Crippen LogP contribution in [-0.4, -0.2) is 14.3 Å². The predicted molar refractivity (Wildman–Crippen MR) is 71.9 cm³/mol. The third kappa shape index (κ3) is 11.2. The molecule has 3 heteroatoms. The summed E-state index contributed by atoms with van der Waals surface area (Å²) in [5.74, 6) is -0.225. The number of rotatable bonds is 7. The van der Waals surface area contributed by atoms with E-state index in [0.717, 1.165) is 6.42 Å². The largest absolute Gasteiger partial charge is 0.517 e. The van der Waals surface area contributed by atoms with Crippen LogP contribution >= 0.6 is 0 Å². The summed E-state index contributed by atoms with van der Waals surface area (Å²) in [4.78, 5) is 11.3. The Morgan fingerprint density at radius 2 is 1.88 bits per heavy atom. The molecule has 0 N–H and O–H groups in total. The van der Waals surface area contributed by atoms with E-state index < -0.39 is 8.32 Å².